The van der Waals surface area contributed by atoms with Crippen LogP contribution in [-0.4, -0.2) is 16.2 Å². The molecule has 0 atom stereocenters. The quantitative estimate of drug-likeness (QED) is 0.156. The number of fused-ring (bicyclic) bond motifs is 4. The van der Waals surface area contributed by atoms with E-state index in [9.17, 15) is 0 Å². The zero-order valence-electron chi connectivity index (χ0n) is 29.4. The fraction of sp³-hybridized carbons (Fsp3) is 0.111. The van der Waals surface area contributed by atoms with E-state index >= 15 is 0 Å². The van der Waals surface area contributed by atoms with Crippen molar-refractivity contribution in [2.24, 2.45) is 0 Å². The smallest absolute Gasteiger partial charge is 0.305 e. The fourth-order valence-electron chi connectivity index (χ4n) is 6.70. The van der Waals surface area contributed by atoms with Gasteiger partial charge in [-0.05, 0) is 52.3 Å². The number of anilines is 2. The van der Waals surface area contributed by atoms with Gasteiger partial charge in [0.05, 0.1) is 12.4 Å². The summed E-state index contributed by atoms with van der Waals surface area (Å²) in [5.74, 6) is 1.19. The van der Waals surface area contributed by atoms with Crippen LogP contribution in [0.5, 0.6) is 11.5 Å². The molecule has 52 heavy (non-hydrogen) atoms. The third-order valence-electron chi connectivity index (χ3n) is 9.30. The summed E-state index contributed by atoms with van der Waals surface area (Å²) >= 11 is 0. The second-order valence-corrected chi connectivity index (χ2v) is 13.6. The maximum Gasteiger partial charge on any atom is 0.305 e. The van der Waals surface area contributed by atoms with Crippen molar-refractivity contribution in [3.63, 3.8) is 0 Å². The zero-order valence-corrected chi connectivity index (χ0v) is 31.7. The molecule has 262 valence electrons. The van der Waals surface area contributed by atoms with Crippen molar-refractivity contribution < 1.29 is 30.2 Å². The number of hydrogen-bond donors (Lipinski definition) is 0. The summed E-state index contributed by atoms with van der Waals surface area (Å²) in [7, 11) is 0. The van der Waals surface area contributed by atoms with Crippen molar-refractivity contribution in [1.82, 2.24) is 9.55 Å². The number of para-hydroxylation sites is 3. The van der Waals surface area contributed by atoms with Gasteiger partial charge in [-0.2, -0.15) is 17.1 Å². The number of ether oxygens (including phenoxy) is 1. The first-order valence-corrected chi connectivity index (χ1v) is 16.8. The predicted molar refractivity (Wildman–Crippen MR) is 208 cm³/mol. The van der Waals surface area contributed by atoms with Crippen LogP contribution in [0, 0.1) is 19.6 Å². The average Bonchev–Trinajstić information content (AvgIpc) is 3.87. The van der Waals surface area contributed by atoms with Gasteiger partial charge >= 0.3 is 6.01 Å². The monoisotopic (exact) mass is 860 g/mol. The van der Waals surface area contributed by atoms with Crippen molar-refractivity contribution in [3.05, 3.63) is 165 Å². The molecule has 2 aromatic heterocycles. The first-order chi connectivity index (χ1) is 24.4. The van der Waals surface area contributed by atoms with Crippen molar-refractivity contribution in [2.75, 3.05) is 16.5 Å². The van der Waals surface area contributed by atoms with Crippen molar-refractivity contribution in [3.8, 4) is 28.6 Å². The van der Waals surface area contributed by atoms with Crippen LogP contribution in [0.15, 0.2) is 144 Å². The van der Waals surface area contributed by atoms with Gasteiger partial charge in [0.15, 0.2) is 5.58 Å². The van der Waals surface area contributed by atoms with E-state index in [0.717, 1.165) is 44.3 Å². The molecule has 7 heteroatoms. The van der Waals surface area contributed by atoms with Crippen LogP contribution in [0.3, 0.4) is 0 Å². The van der Waals surface area contributed by atoms with Crippen LogP contribution in [0.2, 0.25) is 0 Å². The molecule has 1 aliphatic rings. The average molecular weight is 861 g/mol. The Morgan fingerprint density at radius 1 is 0.712 bits per heavy atom. The van der Waals surface area contributed by atoms with Crippen molar-refractivity contribution in [1.29, 1.82) is 0 Å². The summed E-state index contributed by atoms with van der Waals surface area (Å²) in [6.07, 6.45) is 4.23. The Labute approximate surface area is 318 Å². The minimum absolute atomic E-state index is 0. The van der Waals surface area contributed by atoms with Gasteiger partial charge in [0.1, 0.15) is 5.52 Å². The van der Waals surface area contributed by atoms with Gasteiger partial charge in [-0.1, -0.05) is 98.7 Å². The second kappa shape index (κ2) is 13.9. The fourth-order valence-corrected chi connectivity index (χ4v) is 6.70. The Morgan fingerprint density at radius 3 is 2.29 bits per heavy atom. The van der Waals surface area contributed by atoms with Gasteiger partial charge < -0.3 is 26.4 Å². The molecule has 0 bridgehead atoms. The third-order valence-corrected chi connectivity index (χ3v) is 9.30. The molecule has 6 aromatic carbocycles. The van der Waals surface area contributed by atoms with Gasteiger partial charge in [0.25, 0.3) is 0 Å². The number of rotatable bonds is 6. The number of benzene rings is 6. The minimum atomic E-state index is 0. The molecule has 3 heterocycles. The van der Waals surface area contributed by atoms with Crippen LogP contribution >= 0.6 is 0 Å². The van der Waals surface area contributed by atoms with E-state index < -0.39 is 0 Å². The molecule has 0 N–H and O–H groups in total. The summed E-state index contributed by atoms with van der Waals surface area (Å²) in [4.78, 5) is 9.26. The van der Waals surface area contributed by atoms with E-state index in [-0.39, 0.29) is 33.9 Å². The standard InChI is InChI=1S/C44H34N4O2.CH3.Pt/c1-44(2,3)31-20-23-39(37(26-31)30-12-5-4-6-13-30)47-25-24-46(29-47)32-14-11-15-33(27-32)49-34-21-22-36-35-16-7-9-18-40(35)48(41(36)28-34)43-45-38-17-8-10-19-42(38)50-43;;/h4-26H,29H2,1-3H3;1H3;/q-2;-1;. The summed E-state index contributed by atoms with van der Waals surface area (Å²) in [5, 5.41) is 2.13. The summed E-state index contributed by atoms with van der Waals surface area (Å²) in [6.45, 7) is 7.42. The van der Waals surface area contributed by atoms with Crippen LogP contribution < -0.4 is 14.5 Å². The van der Waals surface area contributed by atoms with E-state index in [1.807, 2.05) is 59.2 Å². The molecule has 9 rings (SSSR count). The van der Waals surface area contributed by atoms with Crippen LogP contribution in [0.1, 0.15) is 26.3 Å². The van der Waals surface area contributed by atoms with E-state index in [1.165, 1.54) is 16.7 Å². The predicted octanol–water partition coefficient (Wildman–Crippen LogP) is 11.5. The Balaban J connectivity index is 0.00000210. The Hall–Kier alpha value is -5.58. The van der Waals surface area contributed by atoms with Crippen LogP contribution in [0.25, 0.3) is 50.0 Å². The van der Waals surface area contributed by atoms with Gasteiger partial charge in [-0.3, -0.25) is 4.57 Å². The van der Waals surface area contributed by atoms with Crippen LogP contribution in [0.4, 0.5) is 11.4 Å². The Bertz CT molecular complexity index is 2530. The van der Waals surface area contributed by atoms with Crippen molar-refractivity contribution in [2.45, 2.75) is 26.2 Å². The molecular formula is C45H37N4O2Pt-3. The van der Waals surface area contributed by atoms with Gasteiger partial charge in [0.2, 0.25) is 0 Å². The molecule has 1 aliphatic heterocycles. The maximum atomic E-state index is 6.43. The van der Waals surface area contributed by atoms with Crippen LogP contribution in [-0.2, 0) is 26.5 Å². The first kappa shape index (κ1) is 34.8. The molecular weight excluding hydrogens is 824 g/mol. The molecule has 0 fully saturated rings. The summed E-state index contributed by atoms with van der Waals surface area (Å²) < 4.78 is 14.7. The maximum absolute atomic E-state index is 6.43. The van der Waals surface area contributed by atoms with Crippen molar-refractivity contribution >= 4 is 44.3 Å². The SMILES string of the molecule is CC(C)(C)c1ccc(N2C=CN(c3[c-]c(Oc4[c-]c5c(cc4)c4ccccc4n5-c4nc5ccccc5o4)ccc3)C2)c(-c2ccccc2)c1.[CH3-].[Pt]. The number of nitrogens with zero attached hydrogens (tertiary/aromatic N) is 4. The van der Waals surface area contributed by atoms with E-state index in [4.69, 9.17) is 14.1 Å². The van der Waals surface area contributed by atoms with Gasteiger partial charge in [0, 0.05) is 56.0 Å². The molecule has 0 spiro atoms. The Kier molecular flexibility index (Phi) is 9.29. The Morgan fingerprint density at radius 2 is 1.46 bits per heavy atom. The molecule has 0 aliphatic carbocycles. The van der Waals surface area contributed by atoms with Gasteiger partial charge in [-0.25, -0.2) is 0 Å². The second-order valence-electron chi connectivity index (χ2n) is 13.6. The van der Waals surface area contributed by atoms with E-state index in [0.29, 0.717) is 24.2 Å². The molecule has 6 nitrogen and oxygen atoms in total. The molecule has 0 radical (unpaired) electrons. The summed E-state index contributed by atoms with van der Waals surface area (Å²) in [6, 6.07) is 51.0. The van der Waals surface area contributed by atoms with E-state index in [2.05, 4.69) is 128 Å². The normalized spacial score (nSPS) is 12.8. The first-order valence-electron chi connectivity index (χ1n) is 16.8. The summed E-state index contributed by atoms with van der Waals surface area (Å²) in [5.41, 5.74) is 9.21. The molecule has 0 saturated carbocycles. The molecule has 8 aromatic rings. The minimum Gasteiger partial charge on any atom is -0.509 e. The third kappa shape index (κ3) is 6.29. The molecule has 0 saturated heterocycles. The molecule has 0 amide bonds. The topological polar surface area (TPSA) is 46.7 Å². The number of hydrogen-bond acceptors (Lipinski definition) is 5. The zero-order chi connectivity index (χ0) is 33.8. The number of oxazole rings is 1. The molecule has 0 unspecified atom stereocenters. The number of aromatic nitrogens is 2. The van der Waals surface area contributed by atoms with E-state index in [1.54, 1.807) is 0 Å². The van der Waals surface area contributed by atoms with Gasteiger partial charge in [-0.15, -0.1) is 35.7 Å². The largest absolute Gasteiger partial charge is 0.509 e.